The van der Waals surface area contributed by atoms with Gasteiger partial charge in [-0.3, -0.25) is 0 Å². The van der Waals surface area contributed by atoms with Crippen molar-refractivity contribution in [3.63, 3.8) is 0 Å². The molecule has 0 bridgehead atoms. The summed E-state index contributed by atoms with van der Waals surface area (Å²) in [5, 5.41) is 8.53. The van der Waals surface area contributed by atoms with Crippen LogP contribution < -0.4 is 5.73 Å². The Hall–Kier alpha value is -1.49. The van der Waals surface area contributed by atoms with Crippen LogP contribution in [-0.4, -0.2) is 11.1 Å². The van der Waals surface area contributed by atoms with Crippen molar-refractivity contribution in [2.24, 2.45) is 5.73 Å². The maximum Gasteiger partial charge on any atom is 0.341 e. The Balaban J connectivity index is 3.39. The summed E-state index contributed by atoms with van der Waals surface area (Å²) >= 11 is 0. The zero-order valence-corrected chi connectivity index (χ0v) is 8.34. The summed E-state index contributed by atoms with van der Waals surface area (Å²) in [6.07, 6.45) is 0. The first-order chi connectivity index (χ1) is 6.73. The second kappa shape index (κ2) is 3.58. The Kier molecular flexibility index (Phi) is 2.77. The second-order valence-corrected chi connectivity index (χ2v) is 3.84. The minimum atomic E-state index is -1.63. The summed E-state index contributed by atoms with van der Waals surface area (Å²) in [7, 11) is 0. The molecule has 0 aliphatic heterocycles. The van der Waals surface area contributed by atoms with Gasteiger partial charge in [0, 0.05) is 5.54 Å². The summed E-state index contributed by atoms with van der Waals surface area (Å²) < 4.78 is 26.4. The number of rotatable bonds is 2. The number of carbonyl (C=O) groups is 1. The third-order valence-corrected chi connectivity index (χ3v) is 2.00. The normalized spacial score (nSPS) is 11.5. The zero-order chi connectivity index (χ0) is 11.8. The summed E-state index contributed by atoms with van der Waals surface area (Å²) in [6, 6.07) is 1.87. The molecule has 0 amide bonds. The molecule has 0 fully saturated rings. The van der Waals surface area contributed by atoms with Crippen molar-refractivity contribution in [1.29, 1.82) is 0 Å². The van der Waals surface area contributed by atoms with E-state index in [0.717, 1.165) is 12.1 Å². The van der Waals surface area contributed by atoms with Crippen LogP contribution in [0.3, 0.4) is 0 Å². The van der Waals surface area contributed by atoms with Gasteiger partial charge in [-0.25, -0.2) is 13.6 Å². The Labute approximate surface area is 85.5 Å². The molecule has 0 radical (unpaired) electrons. The van der Waals surface area contributed by atoms with Crippen LogP contribution >= 0.6 is 0 Å². The van der Waals surface area contributed by atoms with Gasteiger partial charge in [-0.2, -0.15) is 0 Å². The molecule has 0 aliphatic carbocycles. The molecule has 1 aromatic carbocycles. The predicted molar refractivity (Wildman–Crippen MR) is 50.5 cm³/mol. The first-order valence-electron chi connectivity index (χ1n) is 4.25. The van der Waals surface area contributed by atoms with Crippen LogP contribution in [0, 0.1) is 11.6 Å². The second-order valence-electron chi connectivity index (χ2n) is 3.84. The highest BCUT2D eigenvalue weighted by atomic mass is 19.1. The van der Waals surface area contributed by atoms with Crippen molar-refractivity contribution >= 4 is 5.97 Å². The van der Waals surface area contributed by atoms with Crippen LogP contribution in [0.25, 0.3) is 0 Å². The fourth-order valence-electron chi connectivity index (χ4n) is 1.15. The van der Waals surface area contributed by atoms with Gasteiger partial charge in [0.25, 0.3) is 0 Å². The van der Waals surface area contributed by atoms with Crippen LogP contribution in [-0.2, 0) is 5.54 Å². The molecule has 5 heteroatoms. The Morgan fingerprint density at radius 1 is 1.33 bits per heavy atom. The van der Waals surface area contributed by atoms with Gasteiger partial charge in [-0.15, -0.1) is 0 Å². The lowest BCUT2D eigenvalue weighted by atomic mass is 9.94. The van der Waals surface area contributed by atoms with Crippen LogP contribution in [0.2, 0.25) is 0 Å². The molecule has 1 aromatic rings. The number of halogens is 2. The van der Waals surface area contributed by atoms with E-state index in [4.69, 9.17) is 10.8 Å². The first-order valence-corrected chi connectivity index (χ1v) is 4.25. The van der Waals surface area contributed by atoms with E-state index in [1.165, 1.54) is 0 Å². The van der Waals surface area contributed by atoms with E-state index in [1.807, 2.05) is 0 Å². The topological polar surface area (TPSA) is 63.3 Å². The monoisotopic (exact) mass is 215 g/mol. The molecular formula is C10H11F2NO2. The molecule has 82 valence electrons. The Bertz CT molecular complexity index is 387. The van der Waals surface area contributed by atoms with Gasteiger partial charge in [0.2, 0.25) is 0 Å². The number of carboxylic acids is 1. The van der Waals surface area contributed by atoms with Crippen molar-refractivity contribution in [2.75, 3.05) is 0 Å². The number of benzene rings is 1. The van der Waals surface area contributed by atoms with E-state index in [0.29, 0.717) is 0 Å². The molecule has 0 spiro atoms. The predicted octanol–water partition coefficient (Wildman–Crippen LogP) is 1.86. The molecule has 0 aliphatic rings. The van der Waals surface area contributed by atoms with E-state index in [9.17, 15) is 13.6 Å². The molecular weight excluding hydrogens is 204 g/mol. The van der Waals surface area contributed by atoms with Gasteiger partial charge in [0.05, 0.1) is 0 Å². The average Bonchev–Trinajstić information content (AvgIpc) is 1.99. The Morgan fingerprint density at radius 3 is 2.00 bits per heavy atom. The van der Waals surface area contributed by atoms with E-state index in [2.05, 4.69) is 0 Å². The Morgan fingerprint density at radius 2 is 1.73 bits per heavy atom. The van der Waals surface area contributed by atoms with Gasteiger partial charge in [-0.1, -0.05) is 0 Å². The average molecular weight is 215 g/mol. The lowest BCUT2D eigenvalue weighted by Gasteiger charge is -2.19. The van der Waals surface area contributed by atoms with Crippen molar-refractivity contribution in [1.82, 2.24) is 0 Å². The van der Waals surface area contributed by atoms with E-state index in [-0.39, 0.29) is 5.56 Å². The molecule has 15 heavy (non-hydrogen) atoms. The van der Waals surface area contributed by atoms with Crippen molar-refractivity contribution < 1.29 is 18.7 Å². The van der Waals surface area contributed by atoms with E-state index >= 15 is 0 Å². The maximum atomic E-state index is 13.2. The van der Waals surface area contributed by atoms with Crippen molar-refractivity contribution in [2.45, 2.75) is 19.4 Å². The van der Waals surface area contributed by atoms with E-state index < -0.39 is 28.7 Å². The molecule has 3 N–H and O–H groups in total. The summed E-state index contributed by atoms with van der Waals surface area (Å²) in [5.41, 5.74) is 3.98. The molecule has 0 saturated carbocycles. The smallest absolute Gasteiger partial charge is 0.341 e. The maximum absolute atomic E-state index is 13.2. The molecule has 1 rings (SSSR count). The van der Waals surface area contributed by atoms with Crippen LogP contribution in [0.1, 0.15) is 29.8 Å². The summed E-state index contributed by atoms with van der Waals surface area (Å²) in [5.74, 6) is -3.86. The number of hydrogen-bond donors (Lipinski definition) is 2. The molecule has 3 nitrogen and oxygen atoms in total. The SMILES string of the molecule is CC(C)(N)c1cc(F)c(C(=O)O)c(F)c1. The molecule has 0 atom stereocenters. The largest absolute Gasteiger partial charge is 0.477 e. The van der Waals surface area contributed by atoms with Gasteiger partial charge >= 0.3 is 5.97 Å². The third-order valence-electron chi connectivity index (χ3n) is 2.00. The van der Waals surface area contributed by atoms with Gasteiger partial charge < -0.3 is 10.8 Å². The van der Waals surface area contributed by atoms with Gasteiger partial charge in [-0.05, 0) is 31.5 Å². The molecule has 0 aromatic heterocycles. The lowest BCUT2D eigenvalue weighted by Crippen LogP contribution is -2.29. The third kappa shape index (κ3) is 2.30. The quantitative estimate of drug-likeness (QED) is 0.791. The number of hydrogen-bond acceptors (Lipinski definition) is 2. The van der Waals surface area contributed by atoms with Gasteiger partial charge in [0.1, 0.15) is 17.2 Å². The molecule has 0 heterocycles. The number of carboxylic acid groups (broad SMARTS) is 1. The van der Waals surface area contributed by atoms with Gasteiger partial charge in [0.15, 0.2) is 0 Å². The van der Waals surface area contributed by atoms with Crippen LogP contribution in [0.4, 0.5) is 8.78 Å². The minimum Gasteiger partial charge on any atom is -0.477 e. The van der Waals surface area contributed by atoms with Crippen LogP contribution in [0.15, 0.2) is 12.1 Å². The molecule has 0 unspecified atom stereocenters. The zero-order valence-electron chi connectivity index (χ0n) is 8.34. The number of aromatic carboxylic acids is 1. The highest BCUT2D eigenvalue weighted by Crippen LogP contribution is 2.22. The lowest BCUT2D eigenvalue weighted by molar-refractivity contribution is 0.0686. The van der Waals surface area contributed by atoms with E-state index in [1.54, 1.807) is 13.8 Å². The summed E-state index contributed by atoms with van der Waals surface area (Å²) in [4.78, 5) is 10.5. The fourth-order valence-corrected chi connectivity index (χ4v) is 1.15. The number of nitrogens with two attached hydrogens (primary N) is 1. The van der Waals surface area contributed by atoms with Crippen LogP contribution in [0.5, 0.6) is 0 Å². The van der Waals surface area contributed by atoms with Crippen molar-refractivity contribution in [3.8, 4) is 0 Å². The highest BCUT2D eigenvalue weighted by Gasteiger charge is 2.22. The standard InChI is InChI=1S/C10H11F2NO2/c1-10(2,13)5-3-6(11)8(9(14)15)7(12)4-5/h3-4H,13H2,1-2H3,(H,14,15). The summed E-state index contributed by atoms with van der Waals surface area (Å²) in [6.45, 7) is 3.14. The first kappa shape index (κ1) is 11.6. The highest BCUT2D eigenvalue weighted by molar-refractivity contribution is 5.88. The minimum absolute atomic E-state index is 0.211. The van der Waals surface area contributed by atoms with Crippen molar-refractivity contribution in [3.05, 3.63) is 34.9 Å². The fraction of sp³-hybridized carbons (Fsp3) is 0.300. The molecule has 0 saturated heterocycles.